The van der Waals surface area contributed by atoms with Crippen molar-refractivity contribution in [2.24, 2.45) is 0 Å². The predicted octanol–water partition coefficient (Wildman–Crippen LogP) is 0.440. The van der Waals surface area contributed by atoms with Gasteiger partial charge in [0.05, 0.1) is 0 Å². The van der Waals surface area contributed by atoms with Crippen LogP contribution in [0, 0.1) is 0 Å². The van der Waals surface area contributed by atoms with E-state index in [1.807, 2.05) is 0 Å². The zero-order chi connectivity index (χ0) is 20.8. The van der Waals surface area contributed by atoms with Crippen LogP contribution < -0.4 is 0 Å². The largest absolute Gasteiger partial charge is 0.461 e. The summed E-state index contributed by atoms with van der Waals surface area (Å²) in [5, 5.41) is 0. The van der Waals surface area contributed by atoms with Gasteiger partial charge in [0.1, 0.15) is 12.7 Å². The van der Waals surface area contributed by atoms with Crippen LogP contribution in [-0.2, 0) is 47.7 Å². The molecular formula is C17H24O10. The van der Waals surface area contributed by atoms with Gasteiger partial charge in [0.25, 0.3) is 0 Å². The van der Waals surface area contributed by atoms with Crippen molar-refractivity contribution in [1.82, 2.24) is 0 Å². The number of carbonyl (C=O) groups excluding carboxylic acids is 5. The summed E-state index contributed by atoms with van der Waals surface area (Å²) in [6.07, 6.45) is -3.38. The fourth-order valence-corrected chi connectivity index (χ4v) is 3.01. The van der Waals surface area contributed by atoms with Crippen LogP contribution in [0.3, 0.4) is 0 Å². The van der Waals surface area contributed by atoms with Gasteiger partial charge in [0, 0.05) is 34.6 Å². The summed E-state index contributed by atoms with van der Waals surface area (Å²) in [4.78, 5) is 57.6. The van der Waals surface area contributed by atoms with E-state index in [-0.39, 0.29) is 12.8 Å². The molecule has 10 nitrogen and oxygen atoms in total. The molecule has 0 aliphatic heterocycles. The molecule has 0 saturated heterocycles. The van der Waals surface area contributed by atoms with Crippen LogP contribution in [0.5, 0.6) is 0 Å². The van der Waals surface area contributed by atoms with Crippen LogP contribution in [-0.4, -0.2) is 60.4 Å². The van der Waals surface area contributed by atoms with Gasteiger partial charge in [-0.3, -0.25) is 24.0 Å². The molecule has 1 saturated carbocycles. The Morgan fingerprint density at radius 1 is 0.778 bits per heavy atom. The fraction of sp³-hybridized carbons (Fsp3) is 0.706. The SMILES string of the molecule is CC(=O)OC[C@]1(OC(C)=O)CC[C@H](OC(C)=O)[C@H](OC(C)=O)[C@H]1OC(C)=O. The monoisotopic (exact) mass is 388 g/mol. The van der Waals surface area contributed by atoms with E-state index in [9.17, 15) is 24.0 Å². The second-order valence-electron chi connectivity index (χ2n) is 6.23. The third-order valence-electron chi connectivity index (χ3n) is 3.81. The normalized spacial score (nSPS) is 27.1. The van der Waals surface area contributed by atoms with Crippen molar-refractivity contribution in [2.75, 3.05) is 6.61 Å². The average Bonchev–Trinajstić information content (AvgIpc) is 2.49. The average molecular weight is 388 g/mol. The van der Waals surface area contributed by atoms with E-state index in [0.29, 0.717) is 0 Å². The van der Waals surface area contributed by atoms with Gasteiger partial charge in [-0.15, -0.1) is 0 Å². The molecule has 27 heavy (non-hydrogen) atoms. The molecule has 0 spiro atoms. The quantitative estimate of drug-likeness (QED) is 0.466. The molecule has 1 rings (SSSR count). The minimum atomic E-state index is -1.60. The highest BCUT2D eigenvalue weighted by atomic mass is 16.6. The number of esters is 5. The summed E-state index contributed by atoms with van der Waals surface area (Å²) >= 11 is 0. The van der Waals surface area contributed by atoms with Crippen LogP contribution in [0.15, 0.2) is 0 Å². The Hall–Kier alpha value is -2.65. The summed E-state index contributed by atoms with van der Waals surface area (Å²) in [6.45, 7) is 5.30. The lowest BCUT2D eigenvalue weighted by Gasteiger charge is -2.47. The fourth-order valence-electron chi connectivity index (χ4n) is 3.01. The molecule has 0 aromatic carbocycles. The number of hydrogen-bond donors (Lipinski definition) is 0. The van der Waals surface area contributed by atoms with Crippen molar-refractivity contribution in [3.63, 3.8) is 0 Å². The smallest absolute Gasteiger partial charge is 0.303 e. The van der Waals surface area contributed by atoms with Crippen LogP contribution in [0.25, 0.3) is 0 Å². The number of hydrogen-bond acceptors (Lipinski definition) is 10. The van der Waals surface area contributed by atoms with Gasteiger partial charge in [-0.25, -0.2) is 0 Å². The number of rotatable bonds is 6. The standard InChI is InChI=1S/C17H24O10/c1-9(18)23-8-17(27-13(5)22)7-6-14(24-10(2)19)15(25-11(3)20)16(17)26-12(4)21/h14-16H,6-8H2,1-5H3/t14-,15-,16+,17+/m0/s1. The van der Waals surface area contributed by atoms with E-state index in [2.05, 4.69) is 0 Å². The molecular weight excluding hydrogens is 364 g/mol. The van der Waals surface area contributed by atoms with E-state index >= 15 is 0 Å². The van der Waals surface area contributed by atoms with Crippen molar-refractivity contribution in [2.45, 2.75) is 71.4 Å². The summed E-state index contributed by atoms with van der Waals surface area (Å²) in [5.41, 5.74) is -1.60. The summed E-state index contributed by atoms with van der Waals surface area (Å²) in [6, 6.07) is 0. The van der Waals surface area contributed by atoms with Crippen molar-refractivity contribution >= 4 is 29.8 Å². The first-order chi connectivity index (χ1) is 12.5. The number of ether oxygens (including phenoxy) is 5. The topological polar surface area (TPSA) is 132 Å². The Morgan fingerprint density at radius 2 is 1.33 bits per heavy atom. The van der Waals surface area contributed by atoms with Gasteiger partial charge in [-0.05, 0) is 12.8 Å². The highest BCUT2D eigenvalue weighted by molar-refractivity contribution is 5.70. The molecule has 10 heteroatoms. The summed E-state index contributed by atoms with van der Waals surface area (Å²) < 4.78 is 26.1. The molecule has 0 aromatic rings. The highest BCUT2D eigenvalue weighted by Crippen LogP contribution is 2.38. The van der Waals surface area contributed by atoms with Gasteiger partial charge >= 0.3 is 29.8 Å². The van der Waals surface area contributed by atoms with Crippen molar-refractivity contribution in [3.8, 4) is 0 Å². The van der Waals surface area contributed by atoms with Crippen LogP contribution in [0.1, 0.15) is 47.5 Å². The van der Waals surface area contributed by atoms with Crippen molar-refractivity contribution in [3.05, 3.63) is 0 Å². The Labute approximate surface area is 156 Å². The lowest BCUT2D eigenvalue weighted by Crippen LogP contribution is -2.64. The van der Waals surface area contributed by atoms with E-state index in [1.165, 1.54) is 6.92 Å². The van der Waals surface area contributed by atoms with Gasteiger partial charge in [-0.1, -0.05) is 0 Å². The molecule has 1 aliphatic rings. The lowest BCUT2D eigenvalue weighted by atomic mass is 9.78. The van der Waals surface area contributed by atoms with Crippen LogP contribution in [0.4, 0.5) is 0 Å². The minimum absolute atomic E-state index is 0.0352. The van der Waals surface area contributed by atoms with Gasteiger partial charge in [-0.2, -0.15) is 0 Å². The second kappa shape index (κ2) is 9.33. The molecule has 0 bridgehead atoms. The Kier molecular flexibility index (Phi) is 7.74. The van der Waals surface area contributed by atoms with Crippen molar-refractivity contribution in [1.29, 1.82) is 0 Å². The van der Waals surface area contributed by atoms with Crippen LogP contribution in [0.2, 0.25) is 0 Å². The van der Waals surface area contributed by atoms with E-state index in [0.717, 1.165) is 27.7 Å². The molecule has 4 atom stereocenters. The van der Waals surface area contributed by atoms with E-state index in [1.54, 1.807) is 0 Å². The Morgan fingerprint density at radius 3 is 1.78 bits per heavy atom. The Balaban J connectivity index is 3.37. The first-order valence-electron chi connectivity index (χ1n) is 8.31. The molecule has 0 heterocycles. The van der Waals surface area contributed by atoms with Crippen molar-refractivity contribution < 1.29 is 47.7 Å². The third kappa shape index (κ3) is 6.54. The second-order valence-corrected chi connectivity index (χ2v) is 6.23. The molecule has 0 unspecified atom stereocenters. The van der Waals surface area contributed by atoms with Gasteiger partial charge in [0.15, 0.2) is 17.8 Å². The Bertz CT molecular complexity index is 613. The van der Waals surface area contributed by atoms with E-state index in [4.69, 9.17) is 23.7 Å². The molecule has 1 aliphatic carbocycles. The zero-order valence-corrected chi connectivity index (χ0v) is 15.9. The molecule has 0 amide bonds. The summed E-state index contributed by atoms with van der Waals surface area (Å²) in [7, 11) is 0. The maximum Gasteiger partial charge on any atom is 0.303 e. The number of carbonyl (C=O) groups is 5. The maximum absolute atomic E-state index is 11.7. The first kappa shape index (κ1) is 22.4. The molecule has 0 radical (unpaired) electrons. The van der Waals surface area contributed by atoms with Crippen LogP contribution >= 0.6 is 0 Å². The predicted molar refractivity (Wildman–Crippen MR) is 87.0 cm³/mol. The molecule has 1 fully saturated rings. The van der Waals surface area contributed by atoms with Gasteiger partial charge < -0.3 is 23.7 Å². The first-order valence-corrected chi connectivity index (χ1v) is 8.31. The molecule has 0 aromatic heterocycles. The summed E-state index contributed by atoms with van der Waals surface area (Å²) in [5.74, 6) is -3.46. The molecule has 0 N–H and O–H groups in total. The van der Waals surface area contributed by atoms with Gasteiger partial charge in [0.2, 0.25) is 0 Å². The maximum atomic E-state index is 11.7. The third-order valence-corrected chi connectivity index (χ3v) is 3.81. The minimum Gasteiger partial charge on any atom is -0.461 e. The highest BCUT2D eigenvalue weighted by Gasteiger charge is 2.57. The zero-order valence-electron chi connectivity index (χ0n) is 15.9. The van der Waals surface area contributed by atoms with E-state index < -0.39 is 60.4 Å². The molecule has 152 valence electrons. The lowest BCUT2D eigenvalue weighted by molar-refractivity contribution is -0.241.